The molecule has 0 unspecified atom stereocenters. The zero-order valence-corrected chi connectivity index (χ0v) is 12.6. The lowest BCUT2D eigenvalue weighted by molar-refractivity contribution is 0.515. The Balaban J connectivity index is 2.29. The molecule has 4 heteroatoms. The third-order valence-electron chi connectivity index (χ3n) is 2.90. The zero-order valence-electron chi connectivity index (χ0n) is 10.2. The van der Waals surface area contributed by atoms with Crippen LogP contribution in [-0.2, 0) is 6.54 Å². The normalized spacial score (nSPS) is 11.5. The summed E-state index contributed by atoms with van der Waals surface area (Å²) in [5.74, 6) is 0.751. The lowest BCUT2D eigenvalue weighted by atomic mass is 10.1. The van der Waals surface area contributed by atoms with Crippen molar-refractivity contribution in [1.82, 2.24) is 9.55 Å². The number of aromatic amines is 1. The van der Waals surface area contributed by atoms with Gasteiger partial charge in [-0.3, -0.25) is 0 Å². The average molecular weight is 313 g/mol. The third-order valence-corrected chi connectivity index (χ3v) is 3.72. The van der Waals surface area contributed by atoms with E-state index in [1.165, 1.54) is 18.4 Å². The predicted octanol–water partition coefficient (Wildman–Crippen LogP) is 4.90. The van der Waals surface area contributed by atoms with Crippen LogP contribution in [0.2, 0.25) is 0 Å². The van der Waals surface area contributed by atoms with Crippen molar-refractivity contribution in [2.75, 3.05) is 0 Å². The molecule has 1 N–H and O–H groups in total. The molecule has 0 aliphatic heterocycles. The fourth-order valence-electron chi connectivity index (χ4n) is 2.01. The Labute approximate surface area is 115 Å². The van der Waals surface area contributed by atoms with E-state index in [9.17, 15) is 0 Å². The van der Waals surface area contributed by atoms with Gasteiger partial charge in [0.1, 0.15) is 0 Å². The maximum absolute atomic E-state index is 5.37. The molecule has 1 aromatic heterocycles. The number of rotatable bonds is 4. The number of nitrogens with one attached hydrogen (secondary N) is 1. The molecule has 0 fully saturated rings. The van der Waals surface area contributed by atoms with Crippen molar-refractivity contribution in [1.29, 1.82) is 0 Å². The summed E-state index contributed by atoms with van der Waals surface area (Å²) in [4.78, 5) is 3.25. The van der Waals surface area contributed by atoms with Gasteiger partial charge in [-0.15, -0.1) is 0 Å². The molecule has 0 amide bonds. The highest BCUT2D eigenvalue weighted by molar-refractivity contribution is 9.10. The van der Waals surface area contributed by atoms with E-state index in [2.05, 4.69) is 51.5 Å². The molecule has 0 spiro atoms. The smallest absolute Gasteiger partial charge is 0.178 e. The Morgan fingerprint density at radius 3 is 2.88 bits per heavy atom. The zero-order chi connectivity index (χ0) is 12.4. The molecule has 2 nitrogen and oxygen atoms in total. The number of fused-ring (bicyclic) bond motifs is 1. The van der Waals surface area contributed by atoms with Crippen LogP contribution in [0.15, 0.2) is 22.7 Å². The maximum Gasteiger partial charge on any atom is 0.178 e. The highest BCUT2D eigenvalue weighted by Gasteiger charge is 2.05. The highest BCUT2D eigenvalue weighted by Crippen LogP contribution is 2.20. The van der Waals surface area contributed by atoms with E-state index in [4.69, 9.17) is 12.2 Å². The van der Waals surface area contributed by atoms with Gasteiger partial charge in [0.2, 0.25) is 0 Å². The van der Waals surface area contributed by atoms with Crippen LogP contribution in [0.25, 0.3) is 11.0 Å². The van der Waals surface area contributed by atoms with Gasteiger partial charge in [-0.1, -0.05) is 29.8 Å². The second kappa shape index (κ2) is 5.36. The van der Waals surface area contributed by atoms with Gasteiger partial charge in [0, 0.05) is 11.0 Å². The van der Waals surface area contributed by atoms with E-state index in [1.807, 2.05) is 6.07 Å². The van der Waals surface area contributed by atoms with Gasteiger partial charge in [-0.25, -0.2) is 0 Å². The van der Waals surface area contributed by atoms with Crippen LogP contribution in [0.5, 0.6) is 0 Å². The SMILES string of the molecule is CC(C)CCCn1c(=S)[nH]c2ccc(Br)cc21. The van der Waals surface area contributed by atoms with Gasteiger partial charge in [-0.05, 0) is 49.2 Å². The molecule has 0 aliphatic carbocycles. The van der Waals surface area contributed by atoms with Crippen LogP contribution in [0.4, 0.5) is 0 Å². The van der Waals surface area contributed by atoms with Crippen LogP contribution >= 0.6 is 28.1 Å². The van der Waals surface area contributed by atoms with Gasteiger partial charge in [0.05, 0.1) is 11.0 Å². The van der Waals surface area contributed by atoms with Gasteiger partial charge >= 0.3 is 0 Å². The van der Waals surface area contributed by atoms with Crippen LogP contribution in [-0.4, -0.2) is 9.55 Å². The number of H-pyrrole nitrogens is 1. The lowest BCUT2D eigenvalue weighted by Gasteiger charge is -2.06. The number of aryl methyl sites for hydroxylation is 1. The molecular formula is C13H17BrN2S. The summed E-state index contributed by atoms with van der Waals surface area (Å²) < 4.78 is 4.11. The van der Waals surface area contributed by atoms with Crippen molar-refractivity contribution < 1.29 is 0 Å². The minimum Gasteiger partial charge on any atom is -0.331 e. The summed E-state index contributed by atoms with van der Waals surface area (Å²) in [5.41, 5.74) is 2.30. The number of nitrogens with zero attached hydrogens (tertiary/aromatic N) is 1. The van der Waals surface area contributed by atoms with E-state index < -0.39 is 0 Å². The summed E-state index contributed by atoms with van der Waals surface area (Å²) in [6, 6.07) is 6.22. The van der Waals surface area contributed by atoms with Gasteiger partial charge in [0.25, 0.3) is 0 Å². The summed E-state index contributed by atoms with van der Waals surface area (Å²) in [5, 5.41) is 0. The first-order valence-corrected chi connectivity index (χ1v) is 7.16. The van der Waals surface area contributed by atoms with Crippen LogP contribution < -0.4 is 0 Å². The fourth-order valence-corrected chi connectivity index (χ4v) is 2.65. The molecule has 0 saturated carbocycles. The van der Waals surface area contributed by atoms with Crippen molar-refractivity contribution in [2.24, 2.45) is 5.92 Å². The van der Waals surface area contributed by atoms with Crippen LogP contribution in [0.1, 0.15) is 26.7 Å². The molecule has 1 heterocycles. The molecule has 1 aromatic carbocycles. The van der Waals surface area contributed by atoms with Crippen molar-refractivity contribution in [3.05, 3.63) is 27.4 Å². The molecule has 92 valence electrons. The summed E-state index contributed by atoms with van der Waals surface area (Å²) in [6.45, 7) is 5.50. The highest BCUT2D eigenvalue weighted by atomic mass is 79.9. The number of benzene rings is 1. The number of aromatic nitrogens is 2. The molecule has 0 atom stereocenters. The third kappa shape index (κ3) is 2.99. The largest absolute Gasteiger partial charge is 0.331 e. The Morgan fingerprint density at radius 1 is 1.41 bits per heavy atom. The summed E-state index contributed by atoms with van der Waals surface area (Å²) in [6.07, 6.45) is 2.41. The molecule has 0 saturated heterocycles. The molecule has 17 heavy (non-hydrogen) atoms. The van der Waals surface area contributed by atoms with E-state index in [-0.39, 0.29) is 0 Å². The van der Waals surface area contributed by atoms with Gasteiger partial charge in [-0.2, -0.15) is 0 Å². The van der Waals surface area contributed by atoms with Crippen molar-refractivity contribution in [2.45, 2.75) is 33.2 Å². The summed E-state index contributed by atoms with van der Waals surface area (Å²) >= 11 is 8.87. The Bertz CT molecular complexity index is 568. The Kier molecular flexibility index (Phi) is 4.05. The first kappa shape index (κ1) is 12.8. The Morgan fingerprint density at radius 2 is 2.18 bits per heavy atom. The molecule has 0 radical (unpaired) electrons. The Hall–Kier alpha value is -0.610. The minimum absolute atomic E-state index is 0.751. The predicted molar refractivity (Wildman–Crippen MR) is 78.9 cm³/mol. The number of imidazole rings is 1. The van der Waals surface area contributed by atoms with Gasteiger partial charge in [0.15, 0.2) is 4.77 Å². The van der Waals surface area contributed by atoms with Gasteiger partial charge < -0.3 is 9.55 Å². The fraction of sp³-hybridized carbons (Fsp3) is 0.462. The van der Waals surface area contributed by atoms with E-state index >= 15 is 0 Å². The van der Waals surface area contributed by atoms with E-state index in [1.54, 1.807) is 0 Å². The average Bonchev–Trinajstić information content (AvgIpc) is 2.55. The molecule has 0 aliphatic rings. The molecule has 2 aromatic rings. The number of halogens is 1. The molecule has 2 rings (SSSR count). The first-order valence-electron chi connectivity index (χ1n) is 5.96. The number of hydrogen-bond acceptors (Lipinski definition) is 1. The van der Waals surface area contributed by atoms with Crippen molar-refractivity contribution in [3.63, 3.8) is 0 Å². The second-order valence-corrected chi connectivity index (χ2v) is 6.08. The van der Waals surface area contributed by atoms with Crippen molar-refractivity contribution in [3.8, 4) is 0 Å². The van der Waals surface area contributed by atoms with Crippen LogP contribution in [0.3, 0.4) is 0 Å². The molecule has 0 bridgehead atoms. The standard InChI is InChI=1S/C13H17BrN2S/c1-9(2)4-3-7-16-12-8-10(14)5-6-11(12)15-13(16)17/h5-6,8-9H,3-4,7H2,1-2H3,(H,15,17). The summed E-state index contributed by atoms with van der Waals surface area (Å²) in [7, 11) is 0. The lowest BCUT2D eigenvalue weighted by Crippen LogP contribution is -1.99. The minimum atomic E-state index is 0.751. The second-order valence-electron chi connectivity index (χ2n) is 4.78. The molecular weight excluding hydrogens is 296 g/mol. The quantitative estimate of drug-likeness (QED) is 0.796. The van der Waals surface area contributed by atoms with Crippen molar-refractivity contribution >= 4 is 39.2 Å². The van der Waals surface area contributed by atoms with E-state index in [0.29, 0.717) is 0 Å². The first-order chi connectivity index (χ1) is 8.08. The van der Waals surface area contributed by atoms with E-state index in [0.717, 1.165) is 27.2 Å². The maximum atomic E-state index is 5.37. The monoisotopic (exact) mass is 312 g/mol. The number of hydrogen-bond donors (Lipinski definition) is 1. The van der Waals surface area contributed by atoms with Crippen LogP contribution in [0, 0.1) is 10.7 Å². The topological polar surface area (TPSA) is 20.7 Å².